The lowest BCUT2D eigenvalue weighted by Gasteiger charge is -2.21. The van der Waals surface area contributed by atoms with Gasteiger partial charge < -0.3 is 48.1 Å². The van der Waals surface area contributed by atoms with Crippen molar-refractivity contribution in [3.8, 4) is 42.5 Å². The summed E-state index contributed by atoms with van der Waals surface area (Å²) in [4.78, 5) is 76.2. The van der Waals surface area contributed by atoms with Crippen molar-refractivity contribution in [1.29, 1.82) is 36.8 Å². The van der Waals surface area contributed by atoms with Crippen LogP contribution in [0.15, 0.2) is 115 Å². The van der Waals surface area contributed by atoms with Gasteiger partial charge in [0.1, 0.15) is 100 Å². The van der Waals surface area contributed by atoms with E-state index in [1.54, 1.807) is 36.4 Å². The molecule has 488 valence electrons. The zero-order valence-corrected chi connectivity index (χ0v) is 52.9. The van der Waals surface area contributed by atoms with E-state index < -0.39 is 61.1 Å². The summed E-state index contributed by atoms with van der Waals surface area (Å²) in [7, 11) is 0. The van der Waals surface area contributed by atoms with Gasteiger partial charge in [0, 0.05) is 13.2 Å². The summed E-state index contributed by atoms with van der Waals surface area (Å²) >= 11 is 0. The van der Waals surface area contributed by atoms with Gasteiger partial charge in [-0.1, -0.05) is 130 Å². The van der Waals surface area contributed by atoms with Gasteiger partial charge in [0.25, 0.3) is 0 Å². The van der Waals surface area contributed by atoms with Crippen LogP contribution >= 0.6 is 0 Å². The zero-order chi connectivity index (χ0) is 69.7. The first-order valence-electron chi connectivity index (χ1n) is 28.5. The quantitative estimate of drug-likeness (QED) is 0.0238. The smallest absolute Gasteiger partial charge is 0.348 e. The Kier molecular flexibility index (Phi) is 59.8. The van der Waals surface area contributed by atoms with E-state index in [0.29, 0.717) is 51.5 Å². The van der Waals surface area contributed by atoms with E-state index in [1.807, 2.05) is 51.1 Å². The third kappa shape index (κ3) is 54.6. The molecule has 2 N–H and O–H groups in total. The van der Waals surface area contributed by atoms with E-state index in [9.17, 15) is 33.6 Å². The molecule has 1 aromatic rings. The van der Waals surface area contributed by atoms with Crippen LogP contribution in [-0.4, -0.2) is 117 Å². The topological polar surface area (TPSA) is 400 Å². The number of nitrogens with zero attached hydrogens (tertiary/aromatic N) is 7. The lowest BCUT2D eigenvalue weighted by molar-refractivity contribution is -0.148. The largest absolute Gasteiger partial charge is 0.462 e. The summed E-state index contributed by atoms with van der Waals surface area (Å²) in [6.45, 7) is 36.9. The Morgan fingerprint density at radius 3 is 1.20 bits per heavy atom. The van der Waals surface area contributed by atoms with Crippen LogP contribution in [0.25, 0.3) is 0 Å². The molecular weight excluding hydrogens is 1160 g/mol. The molecule has 0 aliphatic heterocycles. The van der Waals surface area contributed by atoms with Gasteiger partial charge in [-0.05, 0) is 88.5 Å². The number of nitriles is 7. The van der Waals surface area contributed by atoms with E-state index in [0.717, 1.165) is 82.6 Å². The Bertz CT molecular complexity index is 2750. The van der Waals surface area contributed by atoms with Crippen molar-refractivity contribution in [2.24, 2.45) is 11.8 Å². The fourth-order valence-corrected chi connectivity index (χ4v) is 5.41. The normalized spacial score (nSPS) is 10.3. The molecule has 0 bridgehead atoms. The summed E-state index contributed by atoms with van der Waals surface area (Å²) < 4.78 is 38.5. The maximum atomic E-state index is 11.1. The molecule has 24 heteroatoms. The van der Waals surface area contributed by atoms with Gasteiger partial charge in [-0.2, -0.15) is 36.8 Å². The average molecular weight is 1250 g/mol. The highest BCUT2D eigenvalue weighted by molar-refractivity contribution is 5.94. The molecule has 0 radical (unpaired) electrons. The molecule has 0 unspecified atom stereocenters. The molecule has 0 heterocycles. The van der Waals surface area contributed by atoms with Gasteiger partial charge in [0.15, 0.2) is 0 Å². The Hall–Kier alpha value is -10.0. The first kappa shape index (κ1) is 88.8. The molecule has 1 aliphatic rings. The standard InChI is InChI=1S/C11H9NO2.C10H15NO3.C10H13NO2.C10H15NO2.2C9H13NO2.C7H9NO4/c1-9(7-12)11(13)14-8-10-5-3-2-4-6-10;1-3-13-6-4-5-7-14-10(12)9(2)8-11;1-8(7-11)10(12)13-9-5-3-2-4-6-9;1-8(2)5-4-6-13-10(12)9(3)7-11;1-7(2)4-5-12-9(11)8(3)6-10;1-3-4-5-6-12-9(11)8(2)7-10;1-5(2-8)7(11)12-6(3-9)4-10/h2-6H,1,8H2;2-7H2,1H3;9H,1-6H2;8H,3-6H2,1-2H3;7H,3-5H2,1-2H3;2-6H2,1H3;6,9-10H,1,3-4H2. The first-order valence-corrected chi connectivity index (χ1v) is 28.5. The van der Waals surface area contributed by atoms with Crippen molar-refractivity contribution < 1.29 is 81.7 Å². The van der Waals surface area contributed by atoms with E-state index >= 15 is 0 Å². The van der Waals surface area contributed by atoms with E-state index in [4.69, 9.17) is 80.2 Å². The molecule has 1 aromatic carbocycles. The van der Waals surface area contributed by atoms with Crippen LogP contribution in [0.1, 0.15) is 131 Å². The molecule has 0 aromatic heterocycles. The highest BCUT2D eigenvalue weighted by Gasteiger charge is 2.19. The molecule has 0 amide bonds. The highest BCUT2D eigenvalue weighted by Crippen LogP contribution is 2.21. The number of esters is 7. The van der Waals surface area contributed by atoms with Gasteiger partial charge in [-0.15, -0.1) is 0 Å². The van der Waals surface area contributed by atoms with Crippen LogP contribution in [0.2, 0.25) is 0 Å². The van der Waals surface area contributed by atoms with Crippen molar-refractivity contribution in [3.05, 3.63) is 121 Å². The summed E-state index contributed by atoms with van der Waals surface area (Å²) in [5.41, 5.74) is -0.329. The number of hydrogen-bond acceptors (Lipinski definition) is 24. The number of carbonyl (C=O) groups is 7. The molecule has 2 rings (SSSR count). The monoisotopic (exact) mass is 1250 g/mol. The van der Waals surface area contributed by atoms with Crippen LogP contribution in [0.5, 0.6) is 0 Å². The van der Waals surface area contributed by atoms with Crippen molar-refractivity contribution >= 4 is 41.8 Å². The minimum atomic E-state index is -0.984. The summed E-state index contributed by atoms with van der Waals surface area (Å²) in [6, 6.07) is 20.6. The van der Waals surface area contributed by atoms with Gasteiger partial charge in [-0.3, -0.25) is 0 Å². The number of rotatable bonds is 30. The molecular formula is C66H87N7O17. The van der Waals surface area contributed by atoms with Crippen molar-refractivity contribution in [2.75, 3.05) is 52.9 Å². The van der Waals surface area contributed by atoms with Crippen LogP contribution < -0.4 is 0 Å². The van der Waals surface area contributed by atoms with Gasteiger partial charge in [0.2, 0.25) is 0 Å². The maximum Gasteiger partial charge on any atom is 0.348 e. The lowest BCUT2D eigenvalue weighted by Crippen LogP contribution is -2.25. The second-order valence-corrected chi connectivity index (χ2v) is 19.1. The van der Waals surface area contributed by atoms with E-state index in [-0.39, 0.29) is 51.7 Å². The number of hydrogen-bond donors (Lipinski definition) is 2. The van der Waals surface area contributed by atoms with Crippen LogP contribution in [0.4, 0.5) is 0 Å². The second kappa shape index (κ2) is 60.7. The predicted octanol–water partition coefficient (Wildman–Crippen LogP) is 9.64. The number of aliphatic hydroxyl groups is 2. The predicted molar refractivity (Wildman–Crippen MR) is 329 cm³/mol. The summed E-state index contributed by atoms with van der Waals surface area (Å²) in [5.74, 6) is -3.51. The van der Waals surface area contributed by atoms with Crippen molar-refractivity contribution in [2.45, 2.75) is 144 Å². The Morgan fingerprint density at radius 2 is 0.822 bits per heavy atom. The number of unbranched alkanes of at least 4 members (excludes halogenated alkanes) is 3. The van der Waals surface area contributed by atoms with E-state index in [2.05, 4.69) is 71.6 Å². The molecule has 0 atom stereocenters. The second-order valence-electron chi connectivity index (χ2n) is 19.1. The number of carbonyl (C=O) groups excluding carboxylic acids is 7. The van der Waals surface area contributed by atoms with Crippen LogP contribution in [0, 0.1) is 91.2 Å². The molecule has 90 heavy (non-hydrogen) atoms. The first-order chi connectivity index (χ1) is 42.7. The highest BCUT2D eigenvalue weighted by atomic mass is 16.6. The molecule has 0 spiro atoms. The average Bonchev–Trinajstić information content (AvgIpc) is 3.61. The number of ether oxygens (including phenoxy) is 8. The minimum Gasteiger partial charge on any atom is -0.462 e. The maximum absolute atomic E-state index is 11.1. The molecule has 1 fully saturated rings. The molecule has 1 aliphatic carbocycles. The Labute approximate surface area is 530 Å². The van der Waals surface area contributed by atoms with Gasteiger partial charge in [-0.25, -0.2) is 33.6 Å². The Morgan fingerprint density at radius 1 is 0.467 bits per heavy atom. The summed E-state index contributed by atoms with van der Waals surface area (Å²) in [6.07, 6.45) is 11.5. The van der Waals surface area contributed by atoms with Crippen LogP contribution in [-0.2, 0) is 78.1 Å². The van der Waals surface area contributed by atoms with Crippen molar-refractivity contribution in [1.82, 2.24) is 0 Å². The fourth-order valence-electron chi connectivity index (χ4n) is 5.41. The third-order valence-electron chi connectivity index (χ3n) is 10.6. The number of benzene rings is 1. The SMILES string of the molecule is C=C(C#N)C(=O)OC(CO)CO.C=C(C#N)C(=O)OC1CCCCC1.C=C(C#N)C(=O)OCCC(C)C.C=C(C#N)C(=O)OCCCC(C)C.C=C(C#N)C(=O)OCCCCC.C=C(C#N)C(=O)OCCCCOCC.C=C(C#N)C(=O)OCc1ccccc1. The van der Waals surface area contributed by atoms with Gasteiger partial charge >= 0.3 is 41.8 Å². The van der Waals surface area contributed by atoms with Crippen molar-refractivity contribution in [3.63, 3.8) is 0 Å². The van der Waals surface area contributed by atoms with Crippen LogP contribution in [0.3, 0.4) is 0 Å². The fraction of sp³-hybridized carbons (Fsp3) is 0.485. The molecule has 24 nitrogen and oxygen atoms in total. The number of aliphatic hydroxyl groups excluding tert-OH is 2. The molecule has 0 saturated heterocycles. The molecule has 1 saturated carbocycles. The van der Waals surface area contributed by atoms with E-state index in [1.165, 1.54) is 12.5 Å². The third-order valence-corrected chi connectivity index (χ3v) is 10.6. The van der Waals surface area contributed by atoms with Gasteiger partial charge in [0.05, 0.1) is 39.6 Å². The zero-order valence-electron chi connectivity index (χ0n) is 52.9. The minimum absolute atomic E-state index is 0.00588. The summed E-state index contributed by atoms with van der Waals surface area (Å²) in [5, 5.41) is 75.0. The Balaban J connectivity index is -0.000000313. The lowest BCUT2D eigenvalue weighted by atomic mass is 9.98.